The number of carbonyl (C=O) groups excluding carboxylic acids is 1. The van der Waals surface area contributed by atoms with Crippen molar-refractivity contribution in [3.8, 4) is 0 Å². The molecule has 0 spiro atoms. The van der Waals surface area contributed by atoms with Crippen molar-refractivity contribution in [2.75, 3.05) is 7.11 Å². The molecule has 0 aliphatic rings. The second-order valence-corrected chi connectivity index (χ2v) is 3.64. The van der Waals surface area contributed by atoms with Crippen molar-refractivity contribution in [2.24, 2.45) is 0 Å². The Kier molecular flexibility index (Phi) is 6.31. The van der Waals surface area contributed by atoms with Crippen molar-refractivity contribution in [1.82, 2.24) is 0 Å². The quantitative estimate of drug-likeness (QED) is 0.339. The van der Waals surface area contributed by atoms with Gasteiger partial charge in [0.25, 0.3) is 0 Å². The molecular formula is C9H9NaO4S. The van der Waals surface area contributed by atoms with Crippen molar-refractivity contribution in [2.45, 2.75) is 11.8 Å². The van der Waals surface area contributed by atoms with Crippen LogP contribution in [0.15, 0.2) is 23.1 Å². The van der Waals surface area contributed by atoms with Crippen molar-refractivity contribution in [3.05, 3.63) is 29.3 Å². The van der Waals surface area contributed by atoms with Gasteiger partial charge in [-0.05, 0) is 41.8 Å². The largest absolute Gasteiger partial charge is 1.00 e. The molecule has 0 N–H and O–H groups in total. The van der Waals surface area contributed by atoms with Crippen LogP contribution in [0, 0.1) is 6.92 Å². The average molecular weight is 236 g/mol. The van der Waals surface area contributed by atoms with Gasteiger partial charge in [0.05, 0.1) is 12.7 Å². The topological polar surface area (TPSA) is 66.4 Å². The standard InChI is InChI=1S/C9H10O4S.Na/c1-6-5-7(14(11)12)3-4-8(6)9(10)13-2;/h3-5H,1-2H3,(H,11,12);/q;+1/p-1. The first-order valence-corrected chi connectivity index (χ1v) is 4.92. The van der Waals surface area contributed by atoms with Crippen molar-refractivity contribution in [1.29, 1.82) is 0 Å². The van der Waals surface area contributed by atoms with Crippen LogP contribution in [0.25, 0.3) is 0 Å². The first-order valence-electron chi connectivity index (χ1n) is 3.84. The van der Waals surface area contributed by atoms with Gasteiger partial charge in [-0.3, -0.25) is 4.21 Å². The second-order valence-electron chi connectivity index (χ2n) is 2.70. The third-order valence-corrected chi connectivity index (χ3v) is 2.43. The van der Waals surface area contributed by atoms with E-state index in [0.29, 0.717) is 11.1 Å². The van der Waals surface area contributed by atoms with Crippen LogP contribution < -0.4 is 29.6 Å². The van der Waals surface area contributed by atoms with E-state index in [1.165, 1.54) is 25.3 Å². The minimum atomic E-state index is -2.26. The minimum absolute atomic E-state index is 0. The molecule has 0 fully saturated rings. The predicted molar refractivity (Wildman–Crippen MR) is 49.7 cm³/mol. The molecule has 76 valence electrons. The molecule has 1 atom stereocenters. The van der Waals surface area contributed by atoms with E-state index < -0.39 is 17.0 Å². The van der Waals surface area contributed by atoms with Gasteiger partial charge in [-0.1, -0.05) is 0 Å². The summed E-state index contributed by atoms with van der Waals surface area (Å²) in [4.78, 5) is 11.3. The van der Waals surface area contributed by atoms with E-state index in [1.807, 2.05) is 0 Å². The molecule has 0 aromatic heterocycles. The second kappa shape index (κ2) is 6.40. The molecule has 0 bridgehead atoms. The van der Waals surface area contributed by atoms with Gasteiger partial charge < -0.3 is 9.29 Å². The molecule has 15 heavy (non-hydrogen) atoms. The Balaban J connectivity index is 0.00000196. The maximum absolute atomic E-state index is 11.1. The van der Waals surface area contributed by atoms with E-state index >= 15 is 0 Å². The summed E-state index contributed by atoms with van der Waals surface area (Å²) in [5, 5.41) is 0. The van der Waals surface area contributed by atoms with Crippen molar-refractivity contribution >= 4 is 17.0 Å². The maximum Gasteiger partial charge on any atom is 1.00 e. The Hall–Kier alpha value is -0.200. The van der Waals surface area contributed by atoms with Crippen LogP contribution in [0.3, 0.4) is 0 Å². The average Bonchev–Trinajstić information content (AvgIpc) is 2.16. The van der Waals surface area contributed by atoms with Gasteiger partial charge in [0.1, 0.15) is 0 Å². The van der Waals surface area contributed by atoms with E-state index in [1.54, 1.807) is 6.92 Å². The van der Waals surface area contributed by atoms with E-state index in [2.05, 4.69) is 4.74 Å². The Morgan fingerprint density at radius 1 is 1.47 bits per heavy atom. The number of rotatable bonds is 2. The third kappa shape index (κ3) is 3.70. The Morgan fingerprint density at radius 3 is 2.47 bits per heavy atom. The van der Waals surface area contributed by atoms with Crippen LogP contribution in [-0.2, 0) is 15.8 Å². The Labute approximate surface area is 113 Å². The first kappa shape index (κ1) is 14.8. The number of hydrogen-bond acceptors (Lipinski definition) is 4. The molecule has 0 radical (unpaired) electrons. The van der Waals surface area contributed by atoms with Crippen LogP contribution in [0.4, 0.5) is 0 Å². The molecule has 6 heteroatoms. The summed E-state index contributed by atoms with van der Waals surface area (Å²) in [6.07, 6.45) is 0. The van der Waals surface area contributed by atoms with Gasteiger partial charge in [0, 0.05) is 4.90 Å². The summed E-state index contributed by atoms with van der Waals surface area (Å²) in [5.74, 6) is -0.467. The number of aryl methyl sites for hydroxylation is 1. The molecule has 0 aliphatic carbocycles. The van der Waals surface area contributed by atoms with Crippen molar-refractivity contribution < 1.29 is 47.9 Å². The summed E-state index contributed by atoms with van der Waals surface area (Å²) < 4.78 is 25.7. The number of esters is 1. The number of benzene rings is 1. The van der Waals surface area contributed by atoms with E-state index in [-0.39, 0.29) is 34.5 Å². The van der Waals surface area contributed by atoms with E-state index in [9.17, 15) is 13.6 Å². The van der Waals surface area contributed by atoms with E-state index in [0.717, 1.165) is 0 Å². The summed E-state index contributed by atoms with van der Waals surface area (Å²) in [5.41, 5.74) is 0.959. The number of ether oxygens (including phenoxy) is 1. The van der Waals surface area contributed by atoms with Gasteiger partial charge in [0.15, 0.2) is 0 Å². The summed E-state index contributed by atoms with van der Waals surface area (Å²) in [6, 6.07) is 4.23. The van der Waals surface area contributed by atoms with Gasteiger partial charge in [-0.15, -0.1) is 0 Å². The van der Waals surface area contributed by atoms with Crippen molar-refractivity contribution in [3.63, 3.8) is 0 Å². The van der Waals surface area contributed by atoms with Crippen LogP contribution in [0.2, 0.25) is 0 Å². The number of carbonyl (C=O) groups is 1. The molecule has 0 aliphatic heterocycles. The minimum Gasteiger partial charge on any atom is -0.768 e. The molecule has 0 amide bonds. The van der Waals surface area contributed by atoms with Gasteiger partial charge in [0.2, 0.25) is 0 Å². The summed E-state index contributed by atoms with van der Waals surface area (Å²) >= 11 is -2.26. The molecule has 1 unspecified atom stereocenters. The summed E-state index contributed by atoms with van der Waals surface area (Å²) in [6.45, 7) is 1.66. The zero-order chi connectivity index (χ0) is 10.7. The smallest absolute Gasteiger partial charge is 0.768 e. The van der Waals surface area contributed by atoms with Gasteiger partial charge in [-0.25, -0.2) is 4.79 Å². The monoisotopic (exact) mass is 236 g/mol. The first-order chi connectivity index (χ1) is 6.56. The molecular weight excluding hydrogens is 227 g/mol. The third-order valence-electron chi connectivity index (χ3n) is 1.80. The molecule has 1 aromatic carbocycles. The zero-order valence-electron chi connectivity index (χ0n) is 8.77. The normalized spacial score (nSPS) is 11.4. The van der Waals surface area contributed by atoms with Crippen LogP contribution in [-0.4, -0.2) is 21.8 Å². The molecule has 0 heterocycles. The van der Waals surface area contributed by atoms with E-state index in [4.69, 9.17) is 0 Å². The fraction of sp³-hybridized carbons (Fsp3) is 0.222. The van der Waals surface area contributed by atoms with Crippen LogP contribution in [0.1, 0.15) is 15.9 Å². The number of hydrogen-bond donors (Lipinski definition) is 0. The predicted octanol–water partition coefficient (Wildman–Crippen LogP) is -1.98. The molecule has 1 rings (SSSR count). The zero-order valence-corrected chi connectivity index (χ0v) is 11.6. The maximum atomic E-state index is 11.1. The molecule has 1 aromatic rings. The summed E-state index contributed by atoms with van der Waals surface area (Å²) in [7, 11) is 1.28. The van der Waals surface area contributed by atoms with Crippen LogP contribution >= 0.6 is 0 Å². The van der Waals surface area contributed by atoms with Gasteiger partial charge in [-0.2, -0.15) is 0 Å². The number of methoxy groups -OCH3 is 1. The fourth-order valence-corrected chi connectivity index (χ4v) is 1.53. The van der Waals surface area contributed by atoms with Gasteiger partial charge >= 0.3 is 35.5 Å². The van der Waals surface area contributed by atoms with Crippen LogP contribution in [0.5, 0.6) is 0 Å². The fourth-order valence-electron chi connectivity index (χ4n) is 1.08. The molecule has 0 saturated heterocycles. The molecule has 0 saturated carbocycles. The SMILES string of the molecule is COC(=O)c1ccc(S(=O)[O-])cc1C.[Na+]. The Bertz CT molecular complexity index is 392. The Morgan fingerprint density at radius 2 is 2.07 bits per heavy atom. The molecule has 4 nitrogen and oxygen atoms in total.